The lowest BCUT2D eigenvalue weighted by atomic mass is 9.94. The van der Waals surface area contributed by atoms with E-state index in [0.29, 0.717) is 21.5 Å². The maximum atomic E-state index is 12.7. The SMILES string of the molecule is C.CS(=O)(=O)OS(=O)(=O)C(F)(F)F.CS(=O)(=O)Oc1ccc2c3ccccc3c3ccc(OS(=O)(=O)C(F)(F)F)cc3c2c1.Oc1ccc(-c2ccccc2-c2ccc(O)cc2)cc1. The first-order valence-electron chi connectivity index (χ1n) is 17.2. The first kappa shape index (κ1) is 50.5. The summed E-state index contributed by atoms with van der Waals surface area (Å²) in [6, 6.07) is 37.9. The van der Waals surface area contributed by atoms with Crippen molar-refractivity contribution < 1.29 is 82.2 Å². The average Bonchev–Trinajstić information content (AvgIpc) is 3.17. The summed E-state index contributed by atoms with van der Waals surface area (Å²) in [5.41, 5.74) is -7.02. The van der Waals surface area contributed by atoms with Gasteiger partial charge in [-0.2, -0.15) is 60.0 Å². The van der Waals surface area contributed by atoms with Crippen molar-refractivity contribution in [2.45, 2.75) is 18.4 Å². The van der Waals surface area contributed by atoms with Crippen molar-refractivity contribution in [3.63, 3.8) is 0 Å². The summed E-state index contributed by atoms with van der Waals surface area (Å²) in [5, 5.41) is 22.5. The van der Waals surface area contributed by atoms with Gasteiger partial charge in [-0.15, -0.1) is 3.63 Å². The van der Waals surface area contributed by atoms with Crippen LogP contribution in [-0.4, -0.2) is 67.4 Å². The van der Waals surface area contributed by atoms with Crippen molar-refractivity contribution in [2.24, 2.45) is 0 Å². The Morgan fingerprint density at radius 1 is 0.422 bits per heavy atom. The second-order valence-corrected chi connectivity index (χ2v) is 19.5. The van der Waals surface area contributed by atoms with E-state index in [1.807, 2.05) is 54.6 Å². The van der Waals surface area contributed by atoms with Gasteiger partial charge in [0.05, 0.1) is 12.5 Å². The summed E-state index contributed by atoms with van der Waals surface area (Å²) in [6.07, 6.45) is 1.07. The molecular formula is C41H34F6O13S4. The Balaban J connectivity index is 0.000000233. The fourth-order valence-corrected chi connectivity index (χ4v) is 8.35. The van der Waals surface area contributed by atoms with Crippen molar-refractivity contribution in [3.8, 4) is 45.3 Å². The highest BCUT2D eigenvalue weighted by Gasteiger charge is 2.50. The molecule has 0 saturated carbocycles. The quantitative estimate of drug-likeness (QED) is 0.0631. The number of phenols is 2. The van der Waals surface area contributed by atoms with Crippen LogP contribution in [0.4, 0.5) is 26.3 Å². The van der Waals surface area contributed by atoms with Crippen LogP contribution in [0.2, 0.25) is 0 Å². The molecule has 0 aromatic heterocycles. The molecule has 7 aromatic carbocycles. The van der Waals surface area contributed by atoms with E-state index < -0.39 is 57.2 Å². The van der Waals surface area contributed by atoms with Gasteiger partial charge in [-0.25, -0.2) is 0 Å². The minimum absolute atomic E-state index is 0. The van der Waals surface area contributed by atoms with Gasteiger partial charge in [-0.05, 0) is 115 Å². The molecule has 0 aliphatic heterocycles. The molecule has 0 fully saturated rings. The highest BCUT2D eigenvalue weighted by Crippen LogP contribution is 2.39. The van der Waals surface area contributed by atoms with Crippen LogP contribution in [0, 0.1) is 0 Å². The third-order valence-corrected chi connectivity index (χ3v) is 12.0. The van der Waals surface area contributed by atoms with Crippen LogP contribution in [0.3, 0.4) is 0 Å². The lowest BCUT2D eigenvalue weighted by Crippen LogP contribution is -2.28. The molecule has 0 bridgehead atoms. The number of fused-ring (bicyclic) bond motifs is 6. The van der Waals surface area contributed by atoms with Gasteiger partial charge in [0.1, 0.15) is 23.0 Å². The van der Waals surface area contributed by atoms with Gasteiger partial charge in [0.15, 0.2) is 0 Å². The Hall–Kier alpha value is -6.14. The third-order valence-electron chi connectivity index (χ3n) is 8.30. The molecule has 0 aliphatic carbocycles. The second kappa shape index (κ2) is 18.9. The molecule has 7 aromatic rings. The van der Waals surface area contributed by atoms with Gasteiger partial charge < -0.3 is 18.6 Å². The Morgan fingerprint density at radius 2 is 0.766 bits per heavy atom. The highest BCUT2D eigenvalue weighted by molar-refractivity contribution is 8.00. The predicted molar refractivity (Wildman–Crippen MR) is 228 cm³/mol. The van der Waals surface area contributed by atoms with Gasteiger partial charge in [0.25, 0.3) is 10.1 Å². The topological polar surface area (TPSA) is 205 Å². The largest absolute Gasteiger partial charge is 0.534 e. The van der Waals surface area contributed by atoms with Crippen LogP contribution >= 0.6 is 0 Å². The van der Waals surface area contributed by atoms with Crippen LogP contribution in [0.15, 0.2) is 133 Å². The van der Waals surface area contributed by atoms with Gasteiger partial charge in [-0.1, -0.05) is 80.2 Å². The number of hydrogen-bond donors (Lipinski definition) is 2. The number of phenolic OH excluding ortho intramolecular Hbond substituents is 2. The molecular weight excluding hydrogens is 943 g/mol. The highest BCUT2D eigenvalue weighted by atomic mass is 32.3. The van der Waals surface area contributed by atoms with Crippen molar-refractivity contribution in [1.29, 1.82) is 0 Å². The molecule has 0 aliphatic rings. The molecule has 13 nitrogen and oxygen atoms in total. The minimum atomic E-state index is -6.04. The summed E-state index contributed by atoms with van der Waals surface area (Å²) < 4.78 is 170. The number of aromatic hydroxyl groups is 2. The van der Waals surface area contributed by atoms with Crippen LogP contribution in [0.5, 0.6) is 23.0 Å². The van der Waals surface area contributed by atoms with Crippen molar-refractivity contribution >= 4 is 72.8 Å². The first-order valence-corrected chi connectivity index (χ1v) is 23.7. The standard InChI is InChI=1S/C20H13F3O6S2.C18H14O2.C2H3F3O5S2.CH4/c1-30(24,25)28-12-6-8-16-14-4-2-3-5-15(14)17-9-7-13(11-19(17)18(16)10-12)29-31(26,27)20(21,22)23;19-15-9-5-13(6-10-15)17-3-1-2-4-18(17)14-7-11-16(20)12-8-14;1-11(6,7)10-12(8,9)2(3,4)5;/h2-11H,1H3;1-12,19-20H;1H3;1H4. The molecule has 0 heterocycles. The fourth-order valence-electron chi connectivity index (χ4n) is 5.84. The normalized spacial score (nSPS) is 12.3. The zero-order valence-electron chi connectivity index (χ0n) is 32.0. The van der Waals surface area contributed by atoms with Crippen molar-refractivity contribution in [2.75, 3.05) is 12.5 Å². The van der Waals surface area contributed by atoms with E-state index in [9.17, 15) is 70.2 Å². The van der Waals surface area contributed by atoms with Gasteiger partial charge in [0, 0.05) is 0 Å². The van der Waals surface area contributed by atoms with E-state index in [4.69, 9.17) is 4.18 Å². The van der Waals surface area contributed by atoms with Gasteiger partial charge >= 0.3 is 41.4 Å². The molecule has 0 saturated heterocycles. The number of halogens is 6. The fraction of sp³-hybridized carbons (Fsp3) is 0.122. The van der Waals surface area contributed by atoms with E-state index in [2.05, 4.69) is 19.9 Å². The third kappa shape index (κ3) is 12.5. The Bertz CT molecular complexity index is 3200. The average molecular weight is 977 g/mol. The van der Waals surface area contributed by atoms with Crippen molar-refractivity contribution in [1.82, 2.24) is 0 Å². The minimum Gasteiger partial charge on any atom is -0.508 e. The zero-order valence-corrected chi connectivity index (χ0v) is 35.3. The summed E-state index contributed by atoms with van der Waals surface area (Å²) in [4.78, 5) is 0. The number of benzene rings is 7. The Morgan fingerprint density at radius 3 is 1.09 bits per heavy atom. The Kier molecular flexibility index (Phi) is 14.9. The molecule has 2 N–H and O–H groups in total. The van der Waals surface area contributed by atoms with E-state index >= 15 is 0 Å². The second-order valence-electron chi connectivity index (χ2n) is 13.0. The molecule has 7 rings (SSSR count). The smallest absolute Gasteiger partial charge is 0.508 e. The molecule has 0 unspecified atom stereocenters. The number of rotatable bonds is 8. The van der Waals surface area contributed by atoms with Gasteiger partial charge in [-0.3, -0.25) is 0 Å². The molecule has 64 heavy (non-hydrogen) atoms. The van der Waals surface area contributed by atoms with Crippen LogP contribution < -0.4 is 8.37 Å². The summed E-state index contributed by atoms with van der Waals surface area (Å²) in [7, 11) is -20.4. The number of hydrogen-bond acceptors (Lipinski definition) is 13. The van der Waals surface area contributed by atoms with Crippen LogP contribution in [-0.2, 0) is 44.1 Å². The molecule has 0 amide bonds. The van der Waals surface area contributed by atoms with Crippen molar-refractivity contribution in [3.05, 3.63) is 133 Å². The lowest BCUT2D eigenvalue weighted by Gasteiger charge is -2.14. The van der Waals surface area contributed by atoms with Gasteiger partial charge in [0.2, 0.25) is 0 Å². The summed E-state index contributed by atoms with van der Waals surface area (Å²) in [5.74, 6) is -0.0108. The monoisotopic (exact) mass is 976 g/mol. The molecule has 0 atom stereocenters. The maximum Gasteiger partial charge on any atom is 0.534 e. The van der Waals surface area contributed by atoms with Crippen LogP contribution in [0.1, 0.15) is 7.43 Å². The molecule has 23 heteroatoms. The molecule has 0 radical (unpaired) electrons. The summed E-state index contributed by atoms with van der Waals surface area (Å²) in [6.45, 7) is 0. The number of alkyl halides is 6. The zero-order chi connectivity index (χ0) is 46.8. The van der Waals surface area contributed by atoms with Crippen LogP contribution in [0.25, 0.3) is 54.6 Å². The molecule has 0 spiro atoms. The van der Waals surface area contributed by atoms with E-state index in [1.165, 1.54) is 18.2 Å². The molecule has 342 valence electrons. The Labute approximate surface area is 363 Å². The predicted octanol–water partition coefficient (Wildman–Crippen LogP) is 9.59. The maximum absolute atomic E-state index is 12.7. The van der Waals surface area contributed by atoms with E-state index in [0.717, 1.165) is 51.4 Å². The summed E-state index contributed by atoms with van der Waals surface area (Å²) >= 11 is 0. The van der Waals surface area contributed by atoms with E-state index in [-0.39, 0.29) is 30.9 Å². The van der Waals surface area contributed by atoms with E-state index in [1.54, 1.807) is 36.4 Å². The first-order chi connectivity index (χ1) is 29.1. The lowest BCUT2D eigenvalue weighted by molar-refractivity contribution is -0.0503.